The molecule has 8 nitrogen and oxygen atoms in total. The number of rotatable bonds is 4. The third kappa shape index (κ3) is 4.61. The Morgan fingerprint density at radius 2 is 1.79 bits per heavy atom. The van der Waals surface area contributed by atoms with E-state index in [0.29, 0.717) is 24.2 Å². The first-order valence-corrected chi connectivity index (χ1v) is 13.8. The maximum atomic E-state index is 13.1. The van der Waals surface area contributed by atoms with Gasteiger partial charge in [0, 0.05) is 28.2 Å². The standard InChI is InChI=1S/C29H25N5O3S/c35-29(13-15-30-16-14-29)12-10-21-6-8-26-25(18-21)28(32-20-31-26)33-23-7-9-27-22(19-23)11-17-34(27)38(36,37)24-4-2-1-3-5-24/h1-9,11,17-20,30,35H,13-16H2,(H,31,32,33). The molecule has 1 fully saturated rings. The van der Waals surface area contributed by atoms with E-state index in [-0.39, 0.29) is 4.90 Å². The van der Waals surface area contributed by atoms with Crippen LogP contribution in [0.2, 0.25) is 0 Å². The number of piperidine rings is 1. The Hall–Kier alpha value is -4.23. The Morgan fingerprint density at radius 1 is 0.974 bits per heavy atom. The number of benzene rings is 3. The highest BCUT2D eigenvalue weighted by atomic mass is 32.2. The lowest BCUT2D eigenvalue weighted by molar-refractivity contribution is 0.0679. The van der Waals surface area contributed by atoms with Crippen LogP contribution in [0.3, 0.4) is 0 Å². The second kappa shape index (κ2) is 9.58. The third-order valence-corrected chi connectivity index (χ3v) is 8.43. The van der Waals surface area contributed by atoms with Gasteiger partial charge in [0.25, 0.3) is 10.0 Å². The molecule has 190 valence electrons. The summed E-state index contributed by atoms with van der Waals surface area (Å²) in [5.41, 5.74) is 1.89. The molecule has 38 heavy (non-hydrogen) atoms. The number of hydrogen-bond donors (Lipinski definition) is 3. The predicted molar refractivity (Wildman–Crippen MR) is 148 cm³/mol. The normalized spacial score (nSPS) is 15.2. The van der Waals surface area contributed by atoms with Crippen LogP contribution in [0.25, 0.3) is 21.8 Å². The van der Waals surface area contributed by atoms with Gasteiger partial charge >= 0.3 is 0 Å². The molecule has 3 aromatic carbocycles. The van der Waals surface area contributed by atoms with E-state index in [1.807, 2.05) is 30.3 Å². The first-order chi connectivity index (χ1) is 18.4. The molecular weight excluding hydrogens is 498 g/mol. The molecule has 2 aromatic heterocycles. The zero-order valence-electron chi connectivity index (χ0n) is 20.4. The van der Waals surface area contributed by atoms with Gasteiger partial charge in [-0.1, -0.05) is 30.0 Å². The molecule has 0 spiro atoms. The van der Waals surface area contributed by atoms with Gasteiger partial charge in [-0.3, -0.25) is 0 Å². The largest absolute Gasteiger partial charge is 0.377 e. The van der Waals surface area contributed by atoms with Gasteiger partial charge in [0.15, 0.2) is 0 Å². The lowest BCUT2D eigenvalue weighted by atomic mass is 9.93. The number of hydrogen-bond acceptors (Lipinski definition) is 7. The van der Waals surface area contributed by atoms with E-state index in [1.54, 1.807) is 48.7 Å². The van der Waals surface area contributed by atoms with Crippen molar-refractivity contribution in [2.45, 2.75) is 23.3 Å². The third-order valence-electron chi connectivity index (χ3n) is 6.72. The summed E-state index contributed by atoms with van der Waals surface area (Å²) in [6.07, 6.45) is 4.26. The molecule has 0 saturated carbocycles. The summed E-state index contributed by atoms with van der Waals surface area (Å²) >= 11 is 0. The fourth-order valence-corrected chi connectivity index (χ4v) is 6.01. The zero-order valence-corrected chi connectivity index (χ0v) is 21.2. The highest BCUT2D eigenvalue weighted by Crippen LogP contribution is 2.28. The van der Waals surface area contributed by atoms with E-state index in [1.165, 1.54) is 10.3 Å². The number of nitrogens with zero attached hydrogens (tertiary/aromatic N) is 3. The van der Waals surface area contributed by atoms with Gasteiger partial charge < -0.3 is 15.7 Å². The SMILES string of the molecule is O=S(=O)(c1ccccc1)n1ccc2cc(Nc3ncnc4ccc(C#CC5(O)CCNCC5)cc34)ccc21. The first-order valence-electron chi connectivity index (χ1n) is 12.3. The molecule has 1 saturated heterocycles. The molecule has 1 aliphatic heterocycles. The zero-order chi connectivity index (χ0) is 26.2. The van der Waals surface area contributed by atoms with E-state index < -0.39 is 15.6 Å². The van der Waals surface area contributed by atoms with Crippen molar-refractivity contribution < 1.29 is 13.5 Å². The fourth-order valence-electron chi connectivity index (χ4n) is 4.63. The minimum Gasteiger partial charge on any atom is -0.377 e. The smallest absolute Gasteiger partial charge is 0.268 e. The van der Waals surface area contributed by atoms with E-state index in [2.05, 4.69) is 32.4 Å². The van der Waals surface area contributed by atoms with E-state index in [0.717, 1.165) is 40.6 Å². The molecule has 9 heteroatoms. The van der Waals surface area contributed by atoms with Crippen molar-refractivity contribution in [3.05, 3.63) is 90.9 Å². The van der Waals surface area contributed by atoms with Crippen molar-refractivity contribution >= 4 is 43.3 Å². The van der Waals surface area contributed by atoms with Gasteiger partial charge in [0.1, 0.15) is 17.7 Å². The van der Waals surface area contributed by atoms with Gasteiger partial charge in [0.05, 0.1) is 15.9 Å². The molecule has 0 unspecified atom stereocenters. The van der Waals surface area contributed by atoms with Crippen LogP contribution >= 0.6 is 0 Å². The van der Waals surface area contributed by atoms with Crippen molar-refractivity contribution in [3.63, 3.8) is 0 Å². The maximum Gasteiger partial charge on any atom is 0.268 e. The summed E-state index contributed by atoms with van der Waals surface area (Å²) in [7, 11) is -3.70. The van der Waals surface area contributed by atoms with Gasteiger partial charge in [0.2, 0.25) is 0 Å². The molecule has 1 aliphatic rings. The quantitative estimate of drug-likeness (QED) is 0.305. The Balaban J connectivity index is 1.31. The first kappa shape index (κ1) is 24.1. The minimum absolute atomic E-state index is 0.235. The molecule has 0 atom stereocenters. The van der Waals surface area contributed by atoms with Gasteiger partial charge in [-0.25, -0.2) is 22.4 Å². The number of anilines is 2. The lowest BCUT2D eigenvalue weighted by Crippen LogP contribution is -2.40. The Morgan fingerprint density at radius 3 is 2.61 bits per heavy atom. The summed E-state index contributed by atoms with van der Waals surface area (Å²) < 4.78 is 27.6. The maximum absolute atomic E-state index is 13.1. The van der Waals surface area contributed by atoms with Crippen LogP contribution in [-0.2, 0) is 10.0 Å². The molecule has 0 amide bonds. The highest BCUT2D eigenvalue weighted by molar-refractivity contribution is 7.90. The van der Waals surface area contributed by atoms with Gasteiger partial charge in [-0.2, -0.15) is 0 Å². The van der Waals surface area contributed by atoms with Crippen LogP contribution in [-0.4, -0.2) is 46.2 Å². The Kier molecular flexibility index (Phi) is 6.08. The summed E-state index contributed by atoms with van der Waals surface area (Å²) in [4.78, 5) is 9.05. The predicted octanol–water partition coefficient (Wildman–Crippen LogP) is 4.03. The van der Waals surface area contributed by atoms with Crippen molar-refractivity contribution in [2.24, 2.45) is 0 Å². The van der Waals surface area contributed by atoms with E-state index in [9.17, 15) is 13.5 Å². The molecule has 0 radical (unpaired) electrons. The average Bonchev–Trinajstić information content (AvgIpc) is 3.37. The molecular formula is C29H25N5O3S. The molecule has 3 heterocycles. The number of nitrogens with one attached hydrogen (secondary N) is 2. The van der Waals surface area contributed by atoms with Crippen molar-refractivity contribution in [3.8, 4) is 11.8 Å². The second-order valence-electron chi connectivity index (χ2n) is 9.31. The summed E-state index contributed by atoms with van der Waals surface area (Å²) in [6.45, 7) is 1.49. The van der Waals surface area contributed by atoms with Crippen LogP contribution in [0.5, 0.6) is 0 Å². The van der Waals surface area contributed by atoms with E-state index in [4.69, 9.17) is 0 Å². The van der Waals surface area contributed by atoms with Crippen LogP contribution < -0.4 is 10.6 Å². The number of fused-ring (bicyclic) bond motifs is 2. The van der Waals surface area contributed by atoms with Gasteiger partial charge in [-0.15, -0.1) is 0 Å². The topological polar surface area (TPSA) is 109 Å². The lowest BCUT2D eigenvalue weighted by Gasteiger charge is -2.27. The molecule has 0 bridgehead atoms. The van der Waals surface area contributed by atoms with Crippen LogP contribution in [0, 0.1) is 11.8 Å². The molecule has 3 N–H and O–H groups in total. The second-order valence-corrected chi connectivity index (χ2v) is 11.1. The average molecular weight is 524 g/mol. The summed E-state index contributed by atoms with van der Waals surface area (Å²) in [5, 5.41) is 18.9. The van der Waals surface area contributed by atoms with Crippen molar-refractivity contribution in [2.75, 3.05) is 18.4 Å². The summed E-state index contributed by atoms with van der Waals surface area (Å²) in [6, 6.07) is 21.3. The highest BCUT2D eigenvalue weighted by Gasteiger charge is 2.26. The van der Waals surface area contributed by atoms with Crippen molar-refractivity contribution in [1.29, 1.82) is 0 Å². The van der Waals surface area contributed by atoms with Gasteiger partial charge in [-0.05, 0) is 80.5 Å². The summed E-state index contributed by atoms with van der Waals surface area (Å²) in [5.74, 6) is 6.78. The Bertz CT molecular complexity index is 1820. The van der Waals surface area contributed by atoms with Crippen LogP contribution in [0.4, 0.5) is 11.5 Å². The molecule has 6 rings (SSSR count). The molecule has 0 aliphatic carbocycles. The van der Waals surface area contributed by atoms with Crippen LogP contribution in [0.1, 0.15) is 18.4 Å². The number of aliphatic hydroxyl groups is 1. The molecule has 5 aromatic rings. The fraction of sp³-hybridized carbons (Fsp3) is 0.172. The monoisotopic (exact) mass is 523 g/mol. The number of aromatic nitrogens is 3. The van der Waals surface area contributed by atoms with Crippen molar-refractivity contribution in [1.82, 2.24) is 19.3 Å². The van der Waals surface area contributed by atoms with E-state index >= 15 is 0 Å². The van der Waals surface area contributed by atoms with Crippen LogP contribution in [0.15, 0.2) is 90.2 Å². The Labute approximate surface area is 220 Å². The minimum atomic E-state index is -3.70.